The highest BCUT2D eigenvalue weighted by atomic mass is 32.1. The number of methoxy groups -OCH3 is 3. The van der Waals surface area contributed by atoms with Crippen molar-refractivity contribution in [2.45, 2.75) is 19.3 Å². The second kappa shape index (κ2) is 8.35. The number of benzene rings is 1. The molecule has 0 fully saturated rings. The molecule has 7 nitrogen and oxygen atoms in total. The van der Waals surface area contributed by atoms with Crippen molar-refractivity contribution in [2.75, 3.05) is 26.6 Å². The van der Waals surface area contributed by atoms with Crippen LogP contribution in [0.2, 0.25) is 0 Å². The van der Waals surface area contributed by atoms with Crippen molar-refractivity contribution in [3.63, 3.8) is 0 Å². The van der Waals surface area contributed by atoms with Gasteiger partial charge in [-0.15, -0.1) is 11.3 Å². The van der Waals surface area contributed by atoms with Crippen LogP contribution in [0.25, 0.3) is 6.08 Å². The number of carbonyl (C=O) groups is 2. The lowest BCUT2D eigenvalue weighted by molar-refractivity contribution is -0.111. The summed E-state index contributed by atoms with van der Waals surface area (Å²) in [5.74, 6) is 0.602. The van der Waals surface area contributed by atoms with Crippen molar-refractivity contribution in [1.82, 2.24) is 0 Å². The Morgan fingerprint density at radius 2 is 1.79 bits per heavy atom. The summed E-state index contributed by atoms with van der Waals surface area (Å²) in [6, 6.07) is 3.47. The molecule has 0 bridgehead atoms. The molecule has 0 spiro atoms. The first-order chi connectivity index (χ1) is 13.5. The average molecular weight is 402 g/mol. The highest BCUT2D eigenvalue weighted by molar-refractivity contribution is 7.17. The predicted octanol–water partition coefficient (Wildman–Crippen LogP) is 3.01. The molecule has 1 aliphatic carbocycles. The summed E-state index contributed by atoms with van der Waals surface area (Å²) < 4.78 is 15.9. The van der Waals surface area contributed by atoms with Gasteiger partial charge in [0.15, 0.2) is 11.5 Å². The number of aryl methyl sites for hydroxylation is 1. The molecule has 1 aliphatic rings. The molecule has 1 aromatic carbocycles. The molecule has 8 heteroatoms. The van der Waals surface area contributed by atoms with E-state index in [1.165, 1.54) is 38.7 Å². The van der Waals surface area contributed by atoms with Crippen molar-refractivity contribution in [3.05, 3.63) is 39.8 Å². The van der Waals surface area contributed by atoms with Gasteiger partial charge in [0.1, 0.15) is 5.00 Å². The van der Waals surface area contributed by atoms with Crippen LogP contribution in [0.1, 0.15) is 32.8 Å². The van der Waals surface area contributed by atoms with Crippen LogP contribution in [0, 0.1) is 0 Å². The number of nitrogens with one attached hydrogen (secondary N) is 1. The number of carbonyl (C=O) groups excluding carboxylic acids is 2. The summed E-state index contributed by atoms with van der Waals surface area (Å²) >= 11 is 1.42. The summed E-state index contributed by atoms with van der Waals surface area (Å²) in [5.41, 5.74) is 7.64. The third-order valence-corrected chi connectivity index (χ3v) is 5.73. The van der Waals surface area contributed by atoms with E-state index in [2.05, 4.69) is 5.32 Å². The maximum Gasteiger partial charge on any atom is 0.251 e. The van der Waals surface area contributed by atoms with Gasteiger partial charge in [-0.25, -0.2) is 0 Å². The molecule has 1 heterocycles. The third kappa shape index (κ3) is 3.82. The van der Waals surface area contributed by atoms with Crippen LogP contribution < -0.4 is 25.3 Å². The highest BCUT2D eigenvalue weighted by Gasteiger charge is 2.25. The van der Waals surface area contributed by atoms with Crippen molar-refractivity contribution in [1.29, 1.82) is 0 Å². The summed E-state index contributed by atoms with van der Waals surface area (Å²) in [5, 5.41) is 3.29. The van der Waals surface area contributed by atoms with E-state index in [9.17, 15) is 9.59 Å². The lowest BCUT2D eigenvalue weighted by Crippen LogP contribution is -2.16. The zero-order valence-electron chi connectivity index (χ0n) is 16.0. The third-order valence-electron chi connectivity index (χ3n) is 4.52. The molecule has 2 aromatic rings. The minimum atomic E-state index is -0.511. The Morgan fingerprint density at radius 1 is 1.11 bits per heavy atom. The number of anilines is 1. The van der Waals surface area contributed by atoms with Gasteiger partial charge in [-0.2, -0.15) is 0 Å². The maximum absolute atomic E-state index is 12.4. The monoisotopic (exact) mass is 402 g/mol. The molecule has 0 radical (unpaired) electrons. The smallest absolute Gasteiger partial charge is 0.251 e. The van der Waals surface area contributed by atoms with Crippen molar-refractivity contribution in [2.24, 2.45) is 5.73 Å². The van der Waals surface area contributed by atoms with Gasteiger partial charge >= 0.3 is 0 Å². The van der Waals surface area contributed by atoms with E-state index in [4.69, 9.17) is 19.9 Å². The van der Waals surface area contributed by atoms with E-state index in [1.807, 2.05) is 0 Å². The second-order valence-electron chi connectivity index (χ2n) is 6.21. The summed E-state index contributed by atoms with van der Waals surface area (Å²) in [6.45, 7) is 0. The van der Waals surface area contributed by atoms with Crippen LogP contribution in [0.5, 0.6) is 17.2 Å². The fraction of sp³-hybridized carbons (Fsp3) is 0.300. The number of hydrogen-bond acceptors (Lipinski definition) is 6. The number of primary amides is 1. The number of hydrogen-bond donors (Lipinski definition) is 2. The molecule has 0 saturated heterocycles. The molecule has 0 saturated carbocycles. The number of nitrogens with two attached hydrogens (primary N) is 1. The molecule has 1 aromatic heterocycles. The number of fused-ring (bicyclic) bond motifs is 1. The minimum absolute atomic E-state index is 0.351. The number of rotatable bonds is 7. The lowest BCUT2D eigenvalue weighted by Gasteiger charge is -2.12. The van der Waals surface area contributed by atoms with Crippen molar-refractivity contribution < 1.29 is 23.8 Å². The van der Waals surface area contributed by atoms with Gasteiger partial charge in [0.25, 0.3) is 5.91 Å². The highest BCUT2D eigenvalue weighted by Crippen LogP contribution is 2.39. The van der Waals surface area contributed by atoms with Gasteiger partial charge < -0.3 is 25.3 Å². The molecule has 0 atom stereocenters. The fourth-order valence-corrected chi connectivity index (χ4v) is 4.57. The maximum atomic E-state index is 12.4. The van der Waals surface area contributed by atoms with Crippen LogP contribution in [0.4, 0.5) is 5.00 Å². The zero-order valence-corrected chi connectivity index (χ0v) is 16.8. The standard InChI is InChI=1S/C20H22N2O5S/c1-25-13-9-11(10-14(26-2)18(13)27-3)7-8-16(23)22-20-17(19(21)24)12-5-4-6-15(12)28-20/h7-10H,4-6H2,1-3H3,(H2,21,24)(H,22,23)/b8-7+. The van der Waals surface area contributed by atoms with E-state index in [0.717, 1.165) is 29.7 Å². The normalized spacial score (nSPS) is 12.7. The molecule has 0 unspecified atom stereocenters. The Kier molecular flexibility index (Phi) is 5.89. The summed E-state index contributed by atoms with van der Waals surface area (Å²) in [4.78, 5) is 25.3. The minimum Gasteiger partial charge on any atom is -0.493 e. The van der Waals surface area contributed by atoms with E-state index in [-0.39, 0.29) is 5.91 Å². The van der Waals surface area contributed by atoms with E-state index >= 15 is 0 Å². The summed E-state index contributed by atoms with van der Waals surface area (Å²) in [6.07, 6.45) is 5.76. The van der Waals surface area contributed by atoms with Gasteiger partial charge in [-0.05, 0) is 48.6 Å². The SMILES string of the molecule is COc1cc(/C=C/C(=O)Nc2sc3c(c2C(N)=O)CCC3)cc(OC)c1OC. The predicted molar refractivity (Wildman–Crippen MR) is 109 cm³/mol. The first-order valence-corrected chi connectivity index (χ1v) is 9.53. The molecule has 2 amide bonds. The lowest BCUT2D eigenvalue weighted by atomic mass is 10.1. The molecular formula is C20H22N2O5S. The molecule has 148 valence electrons. The van der Waals surface area contributed by atoms with Gasteiger partial charge in [0.2, 0.25) is 11.7 Å². The average Bonchev–Trinajstić information content (AvgIpc) is 3.25. The Balaban J connectivity index is 1.81. The molecule has 3 N–H and O–H groups in total. The molecule has 0 aliphatic heterocycles. The molecule has 3 rings (SSSR count). The Labute approximate surface area is 167 Å². The van der Waals surface area contributed by atoms with E-state index in [0.29, 0.717) is 33.4 Å². The van der Waals surface area contributed by atoms with Gasteiger partial charge in [0, 0.05) is 11.0 Å². The van der Waals surface area contributed by atoms with Gasteiger partial charge in [0.05, 0.1) is 26.9 Å². The number of amides is 2. The Hall–Kier alpha value is -3.00. The van der Waals surface area contributed by atoms with Crippen LogP contribution in [-0.4, -0.2) is 33.1 Å². The number of ether oxygens (including phenoxy) is 3. The van der Waals surface area contributed by atoms with Crippen LogP contribution in [0.3, 0.4) is 0 Å². The Bertz CT molecular complexity index is 923. The first kappa shape index (κ1) is 19.8. The van der Waals surface area contributed by atoms with E-state index < -0.39 is 5.91 Å². The zero-order chi connectivity index (χ0) is 20.3. The molecular weight excluding hydrogens is 380 g/mol. The van der Waals surface area contributed by atoms with Crippen LogP contribution in [-0.2, 0) is 17.6 Å². The quantitative estimate of drug-likeness (QED) is 0.694. The summed E-state index contributed by atoms with van der Waals surface area (Å²) in [7, 11) is 4.58. The Morgan fingerprint density at radius 3 is 2.36 bits per heavy atom. The van der Waals surface area contributed by atoms with Gasteiger partial charge in [-0.1, -0.05) is 0 Å². The van der Waals surface area contributed by atoms with Crippen molar-refractivity contribution in [3.8, 4) is 17.2 Å². The largest absolute Gasteiger partial charge is 0.493 e. The topological polar surface area (TPSA) is 99.9 Å². The number of thiophene rings is 1. The second-order valence-corrected chi connectivity index (χ2v) is 7.31. The van der Waals surface area contributed by atoms with Crippen LogP contribution in [0.15, 0.2) is 18.2 Å². The van der Waals surface area contributed by atoms with Crippen LogP contribution >= 0.6 is 11.3 Å². The molecule has 28 heavy (non-hydrogen) atoms. The fourth-order valence-electron chi connectivity index (χ4n) is 3.28. The van der Waals surface area contributed by atoms with E-state index in [1.54, 1.807) is 18.2 Å². The van der Waals surface area contributed by atoms with Gasteiger partial charge in [-0.3, -0.25) is 9.59 Å². The van der Waals surface area contributed by atoms with Crippen molar-refractivity contribution >= 4 is 34.2 Å². The first-order valence-electron chi connectivity index (χ1n) is 8.71.